The molecule has 1 amide bonds. The number of carboxylic acids is 1. The van der Waals surface area contributed by atoms with Crippen molar-refractivity contribution in [3.05, 3.63) is 23.2 Å². The molecule has 0 aromatic heterocycles. The van der Waals surface area contributed by atoms with E-state index in [-0.39, 0.29) is 11.8 Å². The summed E-state index contributed by atoms with van der Waals surface area (Å²) in [6, 6.07) is 5.01. The number of aliphatic carboxylic acids is 1. The lowest BCUT2D eigenvalue weighted by Crippen LogP contribution is -2.22. The number of amides is 1. The average molecular weight is 312 g/mol. The molecule has 1 aromatic rings. The lowest BCUT2D eigenvalue weighted by molar-refractivity contribution is -0.141. The zero-order valence-corrected chi connectivity index (χ0v) is 12.5. The zero-order chi connectivity index (χ0) is 15.4. The largest absolute Gasteiger partial charge is 0.492 e. The molecule has 1 aromatic carbocycles. The van der Waals surface area contributed by atoms with E-state index in [1.165, 1.54) is 0 Å². The van der Waals surface area contributed by atoms with Crippen LogP contribution in [0.2, 0.25) is 5.02 Å². The van der Waals surface area contributed by atoms with Gasteiger partial charge in [-0.2, -0.15) is 0 Å². The summed E-state index contributed by atoms with van der Waals surface area (Å²) < 4.78 is 5.45. The molecule has 0 bridgehead atoms. The Hall–Kier alpha value is -1.75. The van der Waals surface area contributed by atoms with E-state index in [4.69, 9.17) is 21.4 Å². The third-order valence-corrected chi connectivity index (χ3v) is 3.89. The van der Waals surface area contributed by atoms with Crippen LogP contribution in [0.25, 0.3) is 0 Å². The quantitative estimate of drug-likeness (QED) is 0.875. The SMILES string of the molecule is CCOc1cc(Cl)ccc1NC(=O)[C@@H]1CC[C@H](C(=O)O)C1. The van der Waals surface area contributed by atoms with E-state index in [2.05, 4.69) is 5.32 Å². The average Bonchev–Trinajstić information content (AvgIpc) is 2.92. The topological polar surface area (TPSA) is 75.6 Å². The van der Waals surface area contributed by atoms with Gasteiger partial charge in [0.2, 0.25) is 5.91 Å². The molecule has 1 fully saturated rings. The van der Waals surface area contributed by atoms with Crippen LogP contribution in [0.15, 0.2) is 18.2 Å². The number of nitrogens with one attached hydrogen (secondary N) is 1. The van der Waals surface area contributed by atoms with Crippen LogP contribution in [0.3, 0.4) is 0 Å². The Balaban J connectivity index is 2.05. The van der Waals surface area contributed by atoms with Crippen molar-refractivity contribution in [1.29, 1.82) is 0 Å². The van der Waals surface area contributed by atoms with E-state index in [1.54, 1.807) is 18.2 Å². The highest BCUT2D eigenvalue weighted by Crippen LogP contribution is 2.34. The molecule has 5 nitrogen and oxygen atoms in total. The summed E-state index contributed by atoms with van der Waals surface area (Å²) in [5.41, 5.74) is 0.560. The van der Waals surface area contributed by atoms with Crippen LogP contribution in [-0.4, -0.2) is 23.6 Å². The van der Waals surface area contributed by atoms with Gasteiger partial charge < -0.3 is 15.2 Å². The van der Waals surface area contributed by atoms with Crippen LogP contribution in [0.1, 0.15) is 26.2 Å². The zero-order valence-electron chi connectivity index (χ0n) is 11.8. The first kappa shape index (κ1) is 15.6. The molecule has 1 aliphatic carbocycles. The minimum Gasteiger partial charge on any atom is -0.492 e. The first-order chi connectivity index (χ1) is 10.0. The van der Waals surface area contributed by atoms with Crippen LogP contribution >= 0.6 is 11.6 Å². The summed E-state index contributed by atoms with van der Waals surface area (Å²) in [5.74, 6) is -1.16. The molecular formula is C15H18ClNO4. The van der Waals surface area contributed by atoms with Gasteiger partial charge in [0.1, 0.15) is 5.75 Å². The van der Waals surface area contributed by atoms with Gasteiger partial charge in [0.05, 0.1) is 18.2 Å². The van der Waals surface area contributed by atoms with Crippen LogP contribution in [0.4, 0.5) is 5.69 Å². The van der Waals surface area contributed by atoms with E-state index in [1.807, 2.05) is 6.92 Å². The number of hydrogen-bond acceptors (Lipinski definition) is 3. The lowest BCUT2D eigenvalue weighted by atomic mass is 10.0. The third-order valence-electron chi connectivity index (χ3n) is 3.65. The molecule has 114 valence electrons. The Bertz CT molecular complexity index is 546. The Morgan fingerprint density at radius 2 is 2.10 bits per heavy atom. The molecule has 1 aliphatic rings. The molecule has 2 atom stereocenters. The van der Waals surface area contributed by atoms with Crippen LogP contribution in [0, 0.1) is 11.8 Å². The number of carbonyl (C=O) groups excluding carboxylic acids is 1. The number of carboxylic acid groups (broad SMARTS) is 1. The van der Waals surface area contributed by atoms with Crippen LogP contribution < -0.4 is 10.1 Å². The maximum atomic E-state index is 12.2. The third kappa shape index (κ3) is 3.88. The van der Waals surface area contributed by atoms with E-state index in [0.29, 0.717) is 42.3 Å². The molecule has 0 heterocycles. The number of rotatable bonds is 5. The number of benzene rings is 1. The summed E-state index contributed by atoms with van der Waals surface area (Å²) >= 11 is 5.91. The Labute approximate surface area is 128 Å². The van der Waals surface area contributed by atoms with E-state index in [0.717, 1.165) is 0 Å². The second-order valence-electron chi connectivity index (χ2n) is 5.11. The molecule has 0 aliphatic heterocycles. The molecular weight excluding hydrogens is 294 g/mol. The van der Waals surface area contributed by atoms with Gasteiger partial charge in [0, 0.05) is 17.0 Å². The van der Waals surface area contributed by atoms with Crippen molar-refractivity contribution in [2.75, 3.05) is 11.9 Å². The number of anilines is 1. The first-order valence-electron chi connectivity index (χ1n) is 6.97. The van der Waals surface area contributed by atoms with Crippen molar-refractivity contribution in [1.82, 2.24) is 0 Å². The van der Waals surface area contributed by atoms with E-state index >= 15 is 0 Å². The smallest absolute Gasteiger partial charge is 0.306 e. The molecule has 0 spiro atoms. The van der Waals surface area contributed by atoms with Crippen LogP contribution in [-0.2, 0) is 9.59 Å². The summed E-state index contributed by atoms with van der Waals surface area (Å²) in [6.45, 7) is 2.31. The van der Waals surface area contributed by atoms with Gasteiger partial charge >= 0.3 is 5.97 Å². The molecule has 2 rings (SSSR count). The maximum Gasteiger partial charge on any atom is 0.306 e. The van der Waals surface area contributed by atoms with Crippen molar-refractivity contribution in [2.24, 2.45) is 11.8 Å². The van der Waals surface area contributed by atoms with E-state index in [9.17, 15) is 9.59 Å². The molecule has 2 N–H and O–H groups in total. The maximum absolute atomic E-state index is 12.2. The van der Waals surface area contributed by atoms with Crippen molar-refractivity contribution < 1.29 is 19.4 Å². The fraction of sp³-hybridized carbons (Fsp3) is 0.467. The summed E-state index contributed by atoms with van der Waals surface area (Å²) in [6.07, 6.45) is 1.53. The summed E-state index contributed by atoms with van der Waals surface area (Å²) in [7, 11) is 0. The van der Waals surface area contributed by atoms with Crippen molar-refractivity contribution in [3.8, 4) is 5.75 Å². The van der Waals surface area contributed by atoms with Crippen LogP contribution in [0.5, 0.6) is 5.75 Å². The second kappa shape index (κ2) is 6.80. The molecule has 0 saturated heterocycles. The monoisotopic (exact) mass is 311 g/mol. The molecule has 1 saturated carbocycles. The summed E-state index contributed by atoms with van der Waals surface area (Å²) in [4.78, 5) is 23.2. The van der Waals surface area contributed by atoms with Gasteiger partial charge in [-0.15, -0.1) is 0 Å². The van der Waals surface area contributed by atoms with Crippen molar-refractivity contribution in [2.45, 2.75) is 26.2 Å². The highest BCUT2D eigenvalue weighted by atomic mass is 35.5. The summed E-state index contributed by atoms with van der Waals surface area (Å²) in [5, 5.41) is 12.3. The molecule has 6 heteroatoms. The Kier molecular flexibility index (Phi) is 5.07. The van der Waals surface area contributed by atoms with E-state index < -0.39 is 11.9 Å². The van der Waals surface area contributed by atoms with Gasteiger partial charge in [-0.3, -0.25) is 9.59 Å². The fourth-order valence-electron chi connectivity index (χ4n) is 2.55. The van der Waals surface area contributed by atoms with Gasteiger partial charge in [-0.05, 0) is 38.3 Å². The van der Waals surface area contributed by atoms with Gasteiger partial charge in [-0.25, -0.2) is 0 Å². The van der Waals surface area contributed by atoms with Crippen molar-refractivity contribution in [3.63, 3.8) is 0 Å². The van der Waals surface area contributed by atoms with Gasteiger partial charge in [0.15, 0.2) is 0 Å². The molecule has 21 heavy (non-hydrogen) atoms. The Morgan fingerprint density at radius 1 is 1.38 bits per heavy atom. The number of carbonyl (C=O) groups is 2. The minimum absolute atomic E-state index is 0.165. The number of ether oxygens (including phenoxy) is 1. The standard InChI is InChI=1S/C15H18ClNO4/c1-2-21-13-8-11(16)5-6-12(13)17-14(18)9-3-4-10(7-9)15(19)20/h5-6,8-10H,2-4,7H2,1H3,(H,17,18)(H,19,20)/t9-,10+/m1/s1. The highest BCUT2D eigenvalue weighted by molar-refractivity contribution is 6.30. The van der Waals surface area contributed by atoms with Gasteiger partial charge in [-0.1, -0.05) is 11.6 Å². The molecule has 0 unspecified atom stereocenters. The Morgan fingerprint density at radius 3 is 2.71 bits per heavy atom. The normalized spacial score (nSPS) is 21.0. The number of hydrogen-bond donors (Lipinski definition) is 2. The fourth-order valence-corrected chi connectivity index (χ4v) is 2.72. The minimum atomic E-state index is -0.827. The first-order valence-corrected chi connectivity index (χ1v) is 7.35. The van der Waals surface area contributed by atoms with Gasteiger partial charge in [0.25, 0.3) is 0 Å². The predicted molar refractivity (Wildman–Crippen MR) is 79.7 cm³/mol. The number of halogens is 1. The van der Waals surface area contributed by atoms with Crippen molar-refractivity contribution >= 4 is 29.2 Å². The predicted octanol–water partition coefficient (Wildman–Crippen LogP) is 3.18. The lowest BCUT2D eigenvalue weighted by Gasteiger charge is -2.14. The second-order valence-corrected chi connectivity index (χ2v) is 5.54. The highest BCUT2D eigenvalue weighted by Gasteiger charge is 2.34. The molecule has 0 radical (unpaired) electrons.